The summed E-state index contributed by atoms with van der Waals surface area (Å²) in [5, 5.41) is 7.41. The second-order valence-corrected chi connectivity index (χ2v) is 7.85. The Balaban J connectivity index is 1.99. The molecule has 0 aromatic carbocycles. The predicted octanol–water partition coefficient (Wildman–Crippen LogP) is -0.394. The van der Waals surface area contributed by atoms with E-state index in [1.54, 1.807) is 0 Å². The molecule has 0 aliphatic carbocycles. The fourth-order valence-electron chi connectivity index (χ4n) is 2.31. The van der Waals surface area contributed by atoms with Gasteiger partial charge in [-0.3, -0.25) is 4.90 Å². The predicted molar refractivity (Wildman–Crippen MR) is 85.3 cm³/mol. The van der Waals surface area contributed by atoms with Crippen LogP contribution in [0.5, 0.6) is 0 Å². The van der Waals surface area contributed by atoms with Gasteiger partial charge in [0.15, 0.2) is 4.60 Å². The molecule has 1 aromatic rings. The molecular weight excluding hydrogens is 380 g/mol. The quantitative estimate of drug-likeness (QED) is 0.652. The van der Waals surface area contributed by atoms with Crippen molar-refractivity contribution in [1.29, 1.82) is 0 Å². The van der Waals surface area contributed by atoms with Crippen LogP contribution in [-0.4, -0.2) is 59.0 Å². The van der Waals surface area contributed by atoms with E-state index in [4.69, 9.17) is 18.0 Å². The average molecular weight is 397 g/mol. The Morgan fingerprint density at radius 2 is 2.14 bits per heavy atom. The number of rotatable bonds is 5. The molecule has 0 radical (unpaired) electrons. The molecular formula is C10H17BrN6O2S2. The molecule has 0 amide bonds. The third-order valence-electron chi connectivity index (χ3n) is 3.28. The highest BCUT2D eigenvalue weighted by atomic mass is 79.9. The molecule has 8 nitrogen and oxygen atoms in total. The van der Waals surface area contributed by atoms with Crippen LogP contribution in [0, 0.1) is 0 Å². The molecule has 11 heteroatoms. The van der Waals surface area contributed by atoms with Gasteiger partial charge in [-0.25, -0.2) is 17.8 Å². The third kappa shape index (κ3) is 4.19. The van der Waals surface area contributed by atoms with Gasteiger partial charge >= 0.3 is 0 Å². The number of piperidine rings is 1. The largest absolute Gasteiger partial charge is 0.392 e. The molecule has 1 fully saturated rings. The van der Waals surface area contributed by atoms with Gasteiger partial charge in [0.1, 0.15) is 0 Å². The van der Waals surface area contributed by atoms with Crippen LogP contribution in [0.1, 0.15) is 12.8 Å². The van der Waals surface area contributed by atoms with Gasteiger partial charge in [-0.05, 0) is 28.8 Å². The fourth-order valence-corrected chi connectivity index (χ4v) is 4.90. The molecule has 118 valence electrons. The summed E-state index contributed by atoms with van der Waals surface area (Å²) in [6.45, 7) is 2.09. The van der Waals surface area contributed by atoms with Gasteiger partial charge in [-0.2, -0.15) is 0 Å². The summed E-state index contributed by atoms with van der Waals surface area (Å²) in [4.78, 5) is 2.58. The molecule has 1 aliphatic rings. The average Bonchev–Trinajstić information content (AvgIpc) is 2.71. The van der Waals surface area contributed by atoms with Crippen molar-refractivity contribution in [3.63, 3.8) is 0 Å². The molecule has 0 spiro atoms. The van der Waals surface area contributed by atoms with Crippen LogP contribution in [0.15, 0.2) is 9.63 Å². The highest BCUT2D eigenvalue weighted by Crippen LogP contribution is 2.19. The number of nitrogens with one attached hydrogen (secondary N) is 1. The zero-order valence-corrected chi connectivity index (χ0v) is 14.7. The van der Waals surface area contributed by atoms with E-state index < -0.39 is 10.0 Å². The molecule has 21 heavy (non-hydrogen) atoms. The lowest BCUT2D eigenvalue weighted by molar-refractivity contribution is 0.232. The molecule has 3 N–H and O–H groups in total. The van der Waals surface area contributed by atoms with Crippen LogP contribution in [0.3, 0.4) is 0 Å². The Bertz CT molecular complexity index is 604. The number of aromatic nitrogens is 3. The lowest BCUT2D eigenvalue weighted by atomic mass is 10.1. The molecule has 1 aliphatic heterocycles. The van der Waals surface area contributed by atoms with Crippen LogP contribution >= 0.6 is 28.1 Å². The maximum Gasteiger partial charge on any atom is 0.260 e. The zero-order chi connectivity index (χ0) is 15.6. The SMILES string of the molecule is Cn1nnc(Br)c1S(=O)(=O)NC1CCN(CC(N)=S)CC1. The molecule has 2 heterocycles. The van der Waals surface area contributed by atoms with E-state index in [2.05, 4.69) is 35.9 Å². The normalized spacial score (nSPS) is 18.0. The number of hydrogen-bond acceptors (Lipinski definition) is 6. The number of thiocarbonyl (C=S) groups is 1. The van der Waals surface area contributed by atoms with Gasteiger partial charge in [-0.15, -0.1) is 5.10 Å². The lowest BCUT2D eigenvalue weighted by Gasteiger charge is -2.31. The van der Waals surface area contributed by atoms with Gasteiger partial charge in [-0.1, -0.05) is 17.4 Å². The van der Waals surface area contributed by atoms with Gasteiger partial charge in [0.25, 0.3) is 10.0 Å². The van der Waals surface area contributed by atoms with E-state index in [0.29, 0.717) is 24.4 Å². The second-order valence-electron chi connectivity index (χ2n) is 4.95. The van der Waals surface area contributed by atoms with Crippen molar-refractivity contribution < 1.29 is 8.42 Å². The summed E-state index contributed by atoms with van der Waals surface area (Å²) >= 11 is 7.98. The monoisotopic (exact) mass is 396 g/mol. The third-order valence-corrected chi connectivity index (χ3v) is 5.82. The lowest BCUT2D eigenvalue weighted by Crippen LogP contribution is -2.46. The van der Waals surface area contributed by atoms with E-state index >= 15 is 0 Å². The van der Waals surface area contributed by atoms with Crippen LogP contribution in [0.4, 0.5) is 0 Å². The summed E-state index contributed by atoms with van der Waals surface area (Å²) in [5.74, 6) is 0. The van der Waals surface area contributed by atoms with E-state index in [9.17, 15) is 8.42 Å². The van der Waals surface area contributed by atoms with Gasteiger partial charge in [0.2, 0.25) is 5.03 Å². The van der Waals surface area contributed by atoms with E-state index in [1.165, 1.54) is 11.7 Å². The summed E-state index contributed by atoms with van der Waals surface area (Å²) in [6.07, 6.45) is 1.43. The maximum absolute atomic E-state index is 12.4. The summed E-state index contributed by atoms with van der Waals surface area (Å²) < 4.78 is 28.9. The van der Waals surface area contributed by atoms with Crippen molar-refractivity contribution in [2.24, 2.45) is 12.8 Å². The first-order valence-corrected chi connectivity index (χ1v) is 9.06. The number of sulfonamides is 1. The van der Waals surface area contributed by atoms with E-state index in [0.717, 1.165) is 13.1 Å². The van der Waals surface area contributed by atoms with Crippen molar-refractivity contribution in [2.75, 3.05) is 19.6 Å². The molecule has 0 saturated carbocycles. The Morgan fingerprint density at radius 1 is 1.52 bits per heavy atom. The highest BCUT2D eigenvalue weighted by Gasteiger charge is 2.29. The first-order chi connectivity index (χ1) is 9.79. The number of hydrogen-bond donors (Lipinski definition) is 2. The zero-order valence-electron chi connectivity index (χ0n) is 11.5. The molecule has 2 rings (SSSR count). The van der Waals surface area contributed by atoms with Crippen molar-refractivity contribution in [1.82, 2.24) is 24.6 Å². The molecule has 0 unspecified atom stereocenters. The topological polar surface area (TPSA) is 106 Å². The maximum atomic E-state index is 12.4. The molecule has 1 aromatic heterocycles. The van der Waals surface area contributed by atoms with Crippen molar-refractivity contribution in [2.45, 2.75) is 23.9 Å². The van der Waals surface area contributed by atoms with Gasteiger partial charge in [0, 0.05) is 32.7 Å². The van der Waals surface area contributed by atoms with Crippen LogP contribution in [-0.2, 0) is 17.1 Å². The summed E-state index contributed by atoms with van der Waals surface area (Å²) in [6, 6.07) is -0.112. The Kier molecular flexibility index (Phi) is 5.30. The summed E-state index contributed by atoms with van der Waals surface area (Å²) in [7, 11) is -2.11. The molecule has 0 bridgehead atoms. The smallest absolute Gasteiger partial charge is 0.260 e. The minimum atomic E-state index is -3.65. The minimum absolute atomic E-state index is 0.0352. The highest BCUT2D eigenvalue weighted by molar-refractivity contribution is 9.10. The number of halogens is 1. The van der Waals surface area contributed by atoms with E-state index in [-0.39, 0.29) is 15.7 Å². The van der Waals surface area contributed by atoms with Crippen molar-refractivity contribution in [3.05, 3.63) is 4.60 Å². The molecule has 1 saturated heterocycles. The first kappa shape index (κ1) is 16.7. The Labute approximate surface area is 137 Å². The van der Waals surface area contributed by atoms with Gasteiger partial charge < -0.3 is 5.73 Å². The van der Waals surface area contributed by atoms with Crippen molar-refractivity contribution in [3.8, 4) is 0 Å². The van der Waals surface area contributed by atoms with Gasteiger partial charge in [0.05, 0.1) is 4.99 Å². The van der Waals surface area contributed by atoms with Crippen LogP contribution in [0.2, 0.25) is 0 Å². The van der Waals surface area contributed by atoms with E-state index in [1.807, 2.05) is 0 Å². The van der Waals surface area contributed by atoms with Crippen LogP contribution < -0.4 is 10.5 Å². The summed E-state index contributed by atoms with van der Waals surface area (Å²) in [5.41, 5.74) is 5.51. The second kappa shape index (κ2) is 6.65. The first-order valence-electron chi connectivity index (χ1n) is 6.38. The van der Waals surface area contributed by atoms with Crippen molar-refractivity contribution >= 4 is 43.2 Å². The number of nitrogens with two attached hydrogens (primary N) is 1. The standard InChI is InChI=1S/C10H17BrN6O2S2/c1-16-10(9(11)13-15-16)21(18,19)14-7-2-4-17(5-3-7)6-8(12)20/h7,14H,2-6H2,1H3,(H2,12,20). The Hall–Kier alpha value is -0.620. The number of nitrogens with zero attached hydrogens (tertiary/aromatic N) is 4. The fraction of sp³-hybridized carbons (Fsp3) is 0.700. The minimum Gasteiger partial charge on any atom is -0.392 e. The number of likely N-dealkylation sites (tertiary alicyclic amines) is 1. The molecule has 0 atom stereocenters. The van der Waals surface area contributed by atoms with Crippen LogP contribution in [0.25, 0.3) is 0 Å². The number of aryl methyl sites for hydroxylation is 1. The Morgan fingerprint density at radius 3 is 2.62 bits per heavy atom.